The Hall–Kier alpha value is -2.75. The Labute approximate surface area is 158 Å². The van der Waals surface area contributed by atoms with Crippen molar-refractivity contribution >= 4 is 35.2 Å². The van der Waals surface area contributed by atoms with Crippen molar-refractivity contribution < 1.29 is 19.8 Å². The third kappa shape index (κ3) is 3.20. The van der Waals surface area contributed by atoms with Gasteiger partial charge in [-0.05, 0) is 31.7 Å². The summed E-state index contributed by atoms with van der Waals surface area (Å²) in [4.78, 5) is 35.6. The van der Waals surface area contributed by atoms with Crippen molar-refractivity contribution in [2.75, 3.05) is 5.75 Å². The molecule has 0 bridgehead atoms. The van der Waals surface area contributed by atoms with Gasteiger partial charge in [-0.2, -0.15) is 4.98 Å². The third-order valence-electron chi connectivity index (χ3n) is 4.77. The predicted octanol–water partition coefficient (Wildman–Crippen LogP) is 1.07. The molecule has 0 saturated carbocycles. The van der Waals surface area contributed by atoms with E-state index in [0.29, 0.717) is 11.6 Å². The second-order valence-electron chi connectivity index (χ2n) is 6.49. The normalized spacial score (nSPS) is 19.4. The maximum atomic E-state index is 11.6. The number of aryl methyl sites for hydroxylation is 2. The number of carboxylic acids is 2. The van der Waals surface area contributed by atoms with Gasteiger partial charge in [0.25, 0.3) is 5.78 Å². The number of aliphatic imine (C=N–C) groups is 1. The lowest BCUT2D eigenvalue weighted by molar-refractivity contribution is -0.133. The molecule has 2 N–H and O–H groups in total. The Balaban J connectivity index is 1.65. The van der Waals surface area contributed by atoms with E-state index in [9.17, 15) is 14.7 Å². The Bertz CT molecular complexity index is 1030. The number of carboxylic acid groups (broad SMARTS) is 2. The summed E-state index contributed by atoms with van der Waals surface area (Å²) >= 11 is 1.22. The summed E-state index contributed by atoms with van der Waals surface area (Å²) in [6.45, 7) is 1.97. The fourth-order valence-corrected chi connectivity index (χ4v) is 4.60. The van der Waals surface area contributed by atoms with E-state index >= 15 is 0 Å². The van der Waals surface area contributed by atoms with E-state index < -0.39 is 17.2 Å². The van der Waals surface area contributed by atoms with Crippen LogP contribution in [0.3, 0.4) is 0 Å². The van der Waals surface area contributed by atoms with Crippen LogP contribution in [0.4, 0.5) is 0 Å². The van der Waals surface area contributed by atoms with Gasteiger partial charge >= 0.3 is 11.9 Å². The molecule has 0 radical (unpaired) electrons. The summed E-state index contributed by atoms with van der Waals surface area (Å²) in [6.07, 6.45) is 4.37. The van der Waals surface area contributed by atoms with Crippen LogP contribution in [0.2, 0.25) is 0 Å². The third-order valence-corrected chi connectivity index (χ3v) is 6.04. The number of aliphatic carboxylic acids is 2. The van der Waals surface area contributed by atoms with Crippen molar-refractivity contribution in [2.45, 2.75) is 37.9 Å². The molecule has 1 aliphatic heterocycles. The number of rotatable bonds is 4. The number of carbonyl (C=O) groups is 2. The van der Waals surface area contributed by atoms with Crippen molar-refractivity contribution in [3.8, 4) is 0 Å². The average Bonchev–Trinajstić information content (AvgIpc) is 3.17. The highest BCUT2D eigenvalue weighted by Crippen LogP contribution is 2.28. The topological polar surface area (TPSA) is 130 Å². The second kappa shape index (κ2) is 6.76. The number of nitrogens with zero attached hydrogens (tertiary/aromatic N) is 5. The number of aromatic nitrogens is 4. The molecule has 1 aliphatic carbocycles. The quantitative estimate of drug-likeness (QED) is 0.797. The van der Waals surface area contributed by atoms with Crippen molar-refractivity contribution in [1.82, 2.24) is 19.6 Å². The molecule has 0 aromatic carbocycles. The van der Waals surface area contributed by atoms with Gasteiger partial charge in [-0.15, -0.1) is 16.9 Å². The Morgan fingerprint density at radius 3 is 2.81 bits per heavy atom. The van der Waals surface area contributed by atoms with Crippen LogP contribution in [-0.4, -0.2) is 58.4 Å². The van der Waals surface area contributed by atoms with Gasteiger partial charge in [0.1, 0.15) is 5.71 Å². The SMILES string of the molecule is Cc1nc2nc(CC3SCC(C(=O)O)=NC=C3C(=O)O)nn2c2c1CCC2. The minimum Gasteiger partial charge on any atom is -0.478 e. The zero-order valence-electron chi connectivity index (χ0n) is 14.5. The molecule has 1 atom stereocenters. The Kier molecular flexibility index (Phi) is 4.42. The van der Waals surface area contributed by atoms with E-state index in [4.69, 9.17) is 5.11 Å². The van der Waals surface area contributed by atoms with Crippen LogP contribution >= 0.6 is 11.8 Å². The highest BCUT2D eigenvalue weighted by Gasteiger charge is 2.28. The molecule has 27 heavy (non-hydrogen) atoms. The summed E-state index contributed by atoms with van der Waals surface area (Å²) in [5.74, 6) is -1.14. The first kappa shape index (κ1) is 17.7. The van der Waals surface area contributed by atoms with Gasteiger partial charge in [0, 0.05) is 29.3 Å². The first-order valence-corrected chi connectivity index (χ1v) is 9.58. The maximum Gasteiger partial charge on any atom is 0.351 e. The Morgan fingerprint density at radius 1 is 1.26 bits per heavy atom. The molecule has 2 aliphatic rings. The van der Waals surface area contributed by atoms with Gasteiger partial charge in [-0.3, -0.25) is 4.99 Å². The molecule has 2 aromatic rings. The monoisotopic (exact) mass is 387 g/mol. The molecule has 1 unspecified atom stereocenters. The van der Waals surface area contributed by atoms with Gasteiger partial charge in [0.15, 0.2) is 5.82 Å². The minimum atomic E-state index is -1.15. The lowest BCUT2D eigenvalue weighted by Crippen LogP contribution is -2.20. The lowest BCUT2D eigenvalue weighted by Gasteiger charge is -2.13. The molecular formula is C17H17N5O4S. The van der Waals surface area contributed by atoms with E-state index in [1.54, 1.807) is 4.52 Å². The van der Waals surface area contributed by atoms with E-state index in [1.807, 2.05) is 6.92 Å². The lowest BCUT2D eigenvalue weighted by atomic mass is 10.1. The fraction of sp³-hybridized carbons (Fsp3) is 0.412. The van der Waals surface area contributed by atoms with Crippen molar-refractivity contribution in [3.63, 3.8) is 0 Å². The van der Waals surface area contributed by atoms with Crippen LogP contribution in [0, 0.1) is 6.92 Å². The van der Waals surface area contributed by atoms with Crippen LogP contribution in [0.1, 0.15) is 29.2 Å². The standard InChI is InChI=1S/C17H17N5O4S/c1-8-9-3-2-4-12(9)22-17(19-8)20-14(21-22)5-13-10(15(23)24)6-18-11(7-27-13)16(25)26/h6,13H,2-5,7H2,1H3,(H,23,24)(H,25,26). The molecule has 0 spiro atoms. The molecule has 4 rings (SSSR count). The molecular weight excluding hydrogens is 370 g/mol. The zero-order chi connectivity index (χ0) is 19.1. The zero-order valence-corrected chi connectivity index (χ0v) is 15.4. The first-order chi connectivity index (χ1) is 12.9. The summed E-state index contributed by atoms with van der Waals surface area (Å²) in [6, 6.07) is 0. The highest BCUT2D eigenvalue weighted by atomic mass is 32.2. The largest absolute Gasteiger partial charge is 0.478 e. The van der Waals surface area contributed by atoms with Crippen LogP contribution in [0.5, 0.6) is 0 Å². The van der Waals surface area contributed by atoms with Gasteiger partial charge in [-0.25, -0.2) is 19.1 Å². The maximum absolute atomic E-state index is 11.6. The van der Waals surface area contributed by atoms with Crippen molar-refractivity contribution in [2.24, 2.45) is 4.99 Å². The summed E-state index contributed by atoms with van der Waals surface area (Å²) in [7, 11) is 0. The van der Waals surface area contributed by atoms with Gasteiger partial charge < -0.3 is 10.2 Å². The summed E-state index contributed by atoms with van der Waals surface area (Å²) in [5, 5.41) is 22.7. The molecule has 2 aromatic heterocycles. The molecule has 3 heterocycles. The number of fused-ring (bicyclic) bond motifs is 3. The van der Waals surface area contributed by atoms with Crippen LogP contribution < -0.4 is 0 Å². The molecule has 0 fully saturated rings. The summed E-state index contributed by atoms with van der Waals surface area (Å²) in [5.41, 5.74) is 3.27. The Morgan fingerprint density at radius 2 is 2.07 bits per heavy atom. The highest BCUT2D eigenvalue weighted by molar-refractivity contribution is 8.00. The molecule has 9 nitrogen and oxygen atoms in total. The number of thioether (sulfide) groups is 1. The molecule has 0 amide bonds. The first-order valence-electron chi connectivity index (χ1n) is 8.53. The molecule has 10 heteroatoms. The summed E-state index contributed by atoms with van der Waals surface area (Å²) < 4.78 is 1.76. The van der Waals surface area contributed by atoms with Gasteiger partial charge in [-0.1, -0.05) is 0 Å². The number of hydrogen-bond acceptors (Lipinski definition) is 7. The fourth-order valence-electron chi connectivity index (χ4n) is 3.44. The van der Waals surface area contributed by atoms with Crippen LogP contribution in [0.25, 0.3) is 5.78 Å². The molecule has 0 saturated heterocycles. The molecule has 140 valence electrons. The smallest absolute Gasteiger partial charge is 0.351 e. The van der Waals surface area contributed by atoms with Crippen LogP contribution in [-0.2, 0) is 28.9 Å². The van der Waals surface area contributed by atoms with E-state index in [-0.39, 0.29) is 23.5 Å². The van der Waals surface area contributed by atoms with E-state index in [1.165, 1.54) is 17.3 Å². The average molecular weight is 387 g/mol. The van der Waals surface area contributed by atoms with Gasteiger partial charge in [0.05, 0.1) is 11.3 Å². The van der Waals surface area contributed by atoms with E-state index in [0.717, 1.165) is 36.9 Å². The van der Waals surface area contributed by atoms with E-state index in [2.05, 4.69) is 20.1 Å². The van der Waals surface area contributed by atoms with Crippen LogP contribution in [0.15, 0.2) is 16.8 Å². The second-order valence-corrected chi connectivity index (χ2v) is 7.68. The predicted molar refractivity (Wildman–Crippen MR) is 98.3 cm³/mol. The van der Waals surface area contributed by atoms with Gasteiger partial charge in [0.2, 0.25) is 0 Å². The van der Waals surface area contributed by atoms with Crippen molar-refractivity contribution in [1.29, 1.82) is 0 Å². The van der Waals surface area contributed by atoms with Crippen molar-refractivity contribution in [3.05, 3.63) is 34.5 Å². The minimum absolute atomic E-state index is 0.0458. The number of hydrogen-bond donors (Lipinski definition) is 2.